The number of aliphatic hydroxyl groups is 1. The third kappa shape index (κ3) is 4.60. The number of benzene rings is 1. The molecule has 1 N–H and O–H groups in total. The molecule has 1 saturated carbocycles. The average molecular weight is 506 g/mol. The highest BCUT2D eigenvalue weighted by atomic mass is 35.5. The van der Waals surface area contributed by atoms with Crippen molar-refractivity contribution in [1.29, 1.82) is 0 Å². The van der Waals surface area contributed by atoms with Crippen LogP contribution in [-0.4, -0.2) is 60.8 Å². The summed E-state index contributed by atoms with van der Waals surface area (Å²) in [5.41, 5.74) is -2.92. The molecule has 13 heteroatoms. The van der Waals surface area contributed by atoms with Gasteiger partial charge < -0.3 is 9.67 Å². The topological polar surface area (TPSA) is 83.6 Å². The number of rotatable bonds is 8. The van der Waals surface area contributed by atoms with Crippen molar-refractivity contribution in [2.45, 2.75) is 61.9 Å². The molecule has 7 nitrogen and oxygen atoms in total. The van der Waals surface area contributed by atoms with Crippen molar-refractivity contribution in [2.75, 3.05) is 5.75 Å². The summed E-state index contributed by atoms with van der Waals surface area (Å²) in [5, 5.41) is 22.9. The molecule has 1 aromatic carbocycles. The van der Waals surface area contributed by atoms with Crippen LogP contribution in [-0.2, 0) is 11.3 Å². The summed E-state index contributed by atoms with van der Waals surface area (Å²) in [7, 11) is 0. The maximum atomic E-state index is 13.3. The minimum absolute atomic E-state index is 0.0666. The zero-order chi connectivity index (χ0) is 23.9. The number of carbonyl (C=O) groups excluding carboxylic acids is 1. The molecule has 33 heavy (non-hydrogen) atoms. The van der Waals surface area contributed by atoms with E-state index in [0.29, 0.717) is 16.7 Å². The van der Waals surface area contributed by atoms with Crippen LogP contribution in [0.15, 0.2) is 34.5 Å². The predicted molar refractivity (Wildman–Crippen MR) is 114 cm³/mol. The van der Waals surface area contributed by atoms with E-state index in [-0.39, 0.29) is 16.8 Å². The van der Waals surface area contributed by atoms with Crippen molar-refractivity contribution in [3.63, 3.8) is 0 Å². The maximum Gasteiger partial charge on any atom is 0.287 e. The molecule has 2 aromatic rings. The number of hydrazone groups is 1. The predicted octanol–water partition coefficient (Wildman–Crippen LogP) is 4.12. The molecule has 3 atom stereocenters. The standard InChI is InChI=1S/C20H20ClF4N5O2S/c1-2-29-17(13-7-12(13)10-3-5-11(21)6-4-10)26-27-19(29)33-9-15(31)30-20(32,18(24)25)8-14(28-30)16(22)23/h3-6,12-13,16,18,32H,2,7-9H2,1H3/t12-,13+,20+/m1/s1. The molecular weight excluding hydrogens is 486 g/mol. The second-order valence-corrected chi connectivity index (χ2v) is 9.21. The molecule has 178 valence electrons. The Labute approximate surface area is 195 Å². The van der Waals surface area contributed by atoms with Gasteiger partial charge in [0.15, 0.2) is 5.16 Å². The lowest BCUT2D eigenvalue weighted by molar-refractivity contribution is -0.190. The van der Waals surface area contributed by atoms with Crippen LogP contribution < -0.4 is 0 Å². The minimum atomic E-state index is -3.46. The van der Waals surface area contributed by atoms with E-state index in [4.69, 9.17) is 11.6 Å². The van der Waals surface area contributed by atoms with Gasteiger partial charge in [-0.15, -0.1) is 10.2 Å². The molecule has 0 radical (unpaired) electrons. The van der Waals surface area contributed by atoms with Crippen molar-refractivity contribution in [2.24, 2.45) is 5.10 Å². The van der Waals surface area contributed by atoms with Gasteiger partial charge in [0, 0.05) is 23.9 Å². The van der Waals surface area contributed by atoms with Gasteiger partial charge in [-0.1, -0.05) is 35.5 Å². The van der Waals surface area contributed by atoms with Crippen LogP contribution in [0.4, 0.5) is 17.6 Å². The van der Waals surface area contributed by atoms with Crippen molar-refractivity contribution in [1.82, 2.24) is 19.8 Å². The van der Waals surface area contributed by atoms with Crippen molar-refractivity contribution in [3.05, 3.63) is 40.7 Å². The summed E-state index contributed by atoms with van der Waals surface area (Å²) >= 11 is 6.87. The highest BCUT2D eigenvalue weighted by molar-refractivity contribution is 7.99. The molecule has 1 amide bonds. The molecule has 4 rings (SSSR count). The Kier molecular flexibility index (Phi) is 6.70. The first-order chi connectivity index (χ1) is 15.7. The van der Waals surface area contributed by atoms with Crippen LogP contribution in [0, 0.1) is 0 Å². The van der Waals surface area contributed by atoms with Gasteiger partial charge in [-0.2, -0.15) is 10.1 Å². The molecule has 1 aliphatic heterocycles. The highest BCUT2D eigenvalue weighted by Crippen LogP contribution is 2.54. The first-order valence-electron chi connectivity index (χ1n) is 10.2. The number of amides is 1. The summed E-state index contributed by atoms with van der Waals surface area (Å²) in [4.78, 5) is 12.5. The first kappa shape index (κ1) is 24.0. The zero-order valence-electron chi connectivity index (χ0n) is 17.3. The van der Waals surface area contributed by atoms with Gasteiger partial charge >= 0.3 is 0 Å². The van der Waals surface area contributed by atoms with E-state index in [1.807, 2.05) is 35.8 Å². The number of aromatic nitrogens is 3. The Hall–Kier alpha value is -2.18. The Morgan fingerprint density at radius 1 is 1.24 bits per heavy atom. The SMILES string of the molecule is CCn1c(SCC(=O)N2N=C(C(F)F)C[C@]2(O)C(F)F)nnc1[C@H]1C[C@@H]1c1ccc(Cl)cc1. The average Bonchev–Trinajstić information content (AvgIpc) is 3.31. The van der Waals surface area contributed by atoms with Gasteiger partial charge in [0.1, 0.15) is 11.5 Å². The number of nitrogens with zero attached hydrogens (tertiary/aromatic N) is 5. The van der Waals surface area contributed by atoms with E-state index in [9.17, 15) is 27.5 Å². The zero-order valence-corrected chi connectivity index (χ0v) is 18.9. The first-order valence-corrected chi connectivity index (χ1v) is 11.5. The molecule has 0 bridgehead atoms. The van der Waals surface area contributed by atoms with Gasteiger partial charge in [-0.05, 0) is 37.0 Å². The summed E-state index contributed by atoms with van der Waals surface area (Å²) < 4.78 is 54.4. The summed E-state index contributed by atoms with van der Waals surface area (Å²) in [6.45, 7) is 2.40. The number of alkyl halides is 4. The van der Waals surface area contributed by atoms with E-state index in [2.05, 4.69) is 15.3 Å². The van der Waals surface area contributed by atoms with E-state index < -0.39 is 42.4 Å². The summed E-state index contributed by atoms with van der Waals surface area (Å²) in [6.07, 6.45) is -6.85. The van der Waals surface area contributed by atoms with Crippen LogP contribution >= 0.6 is 23.4 Å². The van der Waals surface area contributed by atoms with Crippen LogP contribution in [0.1, 0.15) is 43.0 Å². The van der Waals surface area contributed by atoms with Gasteiger partial charge in [0.25, 0.3) is 18.8 Å². The molecular formula is C20H20ClF4N5O2S. The number of carbonyl (C=O) groups is 1. The number of hydrogen-bond donors (Lipinski definition) is 1. The van der Waals surface area contributed by atoms with E-state index in [0.717, 1.165) is 29.6 Å². The molecule has 0 unspecified atom stereocenters. The molecule has 2 aliphatic rings. The lowest BCUT2D eigenvalue weighted by Gasteiger charge is -2.29. The van der Waals surface area contributed by atoms with E-state index >= 15 is 0 Å². The Morgan fingerprint density at radius 2 is 1.94 bits per heavy atom. The molecule has 1 aliphatic carbocycles. The number of hydrogen-bond acceptors (Lipinski definition) is 6. The molecule has 0 spiro atoms. The molecule has 1 aromatic heterocycles. The van der Waals surface area contributed by atoms with E-state index in [1.165, 1.54) is 0 Å². The monoisotopic (exact) mass is 505 g/mol. The minimum Gasteiger partial charge on any atom is -0.364 e. The van der Waals surface area contributed by atoms with Crippen LogP contribution in [0.5, 0.6) is 0 Å². The summed E-state index contributed by atoms with van der Waals surface area (Å²) in [5.74, 6) is -0.307. The lowest BCUT2D eigenvalue weighted by Crippen LogP contribution is -2.52. The highest BCUT2D eigenvalue weighted by Gasteiger charge is 2.53. The fourth-order valence-corrected chi connectivity index (χ4v) is 4.86. The fourth-order valence-electron chi connectivity index (χ4n) is 3.88. The van der Waals surface area contributed by atoms with Gasteiger partial charge in [0.2, 0.25) is 5.72 Å². The smallest absolute Gasteiger partial charge is 0.287 e. The Balaban J connectivity index is 1.45. The second kappa shape index (κ2) is 9.22. The number of halogens is 5. The maximum absolute atomic E-state index is 13.3. The van der Waals surface area contributed by atoms with Crippen molar-refractivity contribution < 1.29 is 27.5 Å². The van der Waals surface area contributed by atoms with Crippen molar-refractivity contribution in [3.8, 4) is 0 Å². The lowest BCUT2D eigenvalue weighted by atomic mass is 10.1. The third-order valence-corrected chi connectivity index (χ3v) is 6.88. The van der Waals surface area contributed by atoms with Crippen molar-refractivity contribution >= 4 is 35.0 Å². The van der Waals surface area contributed by atoms with Gasteiger partial charge in [0.05, 0.1) is 5.75 Å². The second-order valence-electron chi connectivity index (χ2n) is 7.83. The van der Waals surface area contributed by atoms with Gasteiger partial charge in [-0.25, -0.2) is 17.6 Å². The molecule has 2 heterocycles. The fraction of sp³-hybridized carbons (Fsp3) is 0.500. The molecule has 1 fully saturated rings. The largest absolute Gasteiger partial charge is 0.364 e. The van der Waals surface area contributed by atoms with Crippen LogP contribution in [0.2, 0.25) is 5.02 Å². The quantitative estimate of drug-likeness (QED) is 0.431. The summed E-state index contributed by atoms with van der Waals surface area (Å²) in [6, 6.07) is 7.57. The molecule has 0 saturated heterocycles. The van der Waals surface area contributed by atoms with Gasteiger partial charge in [-0.3, -0.25) is 4.79 Å². The Bertz CT molecular complexity index is 1070. The number of thioether (sulfide) groups is 1. The Morgan fingerprint density at radius 3 is 2.55 bits per heavy atom. The van der Waals surface area contributed by atoms with Crippen LogP contribution in [0.25, 0.3) is 0 Å². The third-order valence-electron chi connectivity index (χ3n) is 5.68. The normalized spacial score (nSPS) is 24.6. The van der Waals surface area contributed by atoms with E-state index in [1.54, 1.807) is 0 Å². The van der Waals surface area contributed by atoms with Crippen LogP contribution in [0.3, 0.4) is 0 Å².